The van der Waals surface area contributed by atoms with Crippen LogP contribution in [0, 0.1) is 17.6 Å². The van der Waals surface area contributed by atoms with E-state index in [1.54, 1.807) is 18.2 Å². The van der Waals surface area contributed by atoms with Crippen molar-refractivity contribution in [2.24, 2.45) is 5.92 Å². The lowest BCUT2D eigenvalue weighted by Crippen LogP contribution is -2.42. The van der Waals surface area contributed by atoms with Gasteiger partial charge in [0, 0.05) is 23.6 Å². The van der Waals surface area contributed by atoms with Crippen molar-refractivity contribution in [3.05, 3.63) is 81.1 Å². The Morgan fingerprint density at radius 1 is 1.13 bits per heavy atom. The molecule has 1 aliphatic rings. The molecule has 0 radical (unpaired) electrons. The van der Waals surface area contributed by atoms with Gasteiger partial charge in [-0.2, -0.15) is 4.68 Å². The minimum absolute atomic E-state index is 0.128. The number of benzene rings is 2. The molecule has 0 spiro atoms. The molecule has 2 aromatic carbocycles. The van der Waals surface area contributed by atoms with E-state index in [-0.39, 0.29) is 23.1 Å². The summed E-state index contributed by atoms with van der Waals surface area (Å²) in [5.41, 5.74) is 0.0679. The van der Waals surface area contributed by atoms with Gasteiger partial charge in [0.2, 0.25) is 5.91 Å². The minimum Gasteiger partial charge on any atom is -0.354 e. The molecule has 0 aliphatic carbocycles. The van der Waals surface area contributed by atoms with Crippen LogP contribution >= 0.6 is 15.9 Å². The van der Waals surface area contributed by atoms with Crippen LogP contribution in [-0.2, 0) is 4.79 Å². The molecule has 1 atom stereocenters. The molecule has 160 valence electrons. The summed E-state index contributed by atoms with van der Waals surface area (Å²) in [5.74, 6) is -1.11. The third-order valence-electron chi connectivity index (χ3n) is 5.14. The Morgan fingerprint density at radius 3 is 2.74 bits per heavy atom. The van der Waals surface area contributed by atoms with Crippen LogP contribution in [-0.4, -0.2) is 28.8 Å². The molecule has 1 N–H and O–H groups in total. The molecule has 3 aromatic rings. The number of nitrogens with one attached hydrogen (secondary N) is 1. The number of amides is 1. The van der Waals surface area contributed by atoms with E-state index in [0.29, 0.717) is 35.5 Å². The van der Waals surface area contributed by atoms with Crippen molar-refractivity contribution in [1.29, 1.82) is 0 Å². The van der Waals surface area contributed by atoms with E-state index in [0.717, 1.165) is 11.1 Å². The van der Waals surface area contributed by atoms with Gasteiger partial charge in [0.05, 0.1) is 17.3 Å². The average molecular weight is 489 g/mol. The molecule has 1 aliphatic heterocycles. The molecule has 0 unspecified atom stereocenters. The van der Waals surface area contributed by atoms with Crippen molar-refractivity contribution in [1.82, 2.24) is 9.78 Å². The standard InChI is InChI=1S/C22H19BrF2N4O2/c23-15-6-7-19(18(25)11-15)26-22(31)14-3-2-10-28(13-14)20-8-9-21(30)29(27-20)17-5-1-4-16(24)12-17/h1,4-9,11-12,14H,2-3,10,13H2,(H,26,31)/t14-/m1/s1. The lowest BCUT2D eigenvalue weighted by atomic mass is 9.97. The van der Waals surface area contributed by atoms with Crippen molar-refractivity contribution in [2.75, 3.05) is 23.3 Å². The van der Waals surface area contributed by atoms with Gasteiger partial charge in [0.15, 0.2) is 0 Å². The Labute approximate surface area is 185 Å². The molecular formula is C22H19BrF2N4O2. The highest BCUT2D eigenvalue weighted by Crippen LogP contribution is 2.24. The molecular weight excluding hydrogens is 470 g/mol. The van der Waals surface area contributed by atoms with Crippen molar-refractivity contribution >= 4 is 33.3 Å². The monoisotopic (exact) mass is 488 g/mol. The maximum Gasteiger partial charge on any atom is 0.271 e. The van der Waals surface area contributed by atoms with Crippen LogP contribution in [0.15, 0.2) is 63.9 Å². The quantitative estimate of drug-likeness (QED) is 0.599. The molecule has 0 bridgehead atoms. The van der Waals surface area contributed by atoms with E-state index in [1.807, 2.05) is 4.90 Å². The van der Waals surface area contributed by atoms with Gasteiger partial charge in [-0.05, 0) is 55.3 Å². The Kier molecular flexibility index (Phi) is 6.13. The van der Waals surface area contributed by atoms with Gasteiger partial charge in [-0.15, -0.1) is 5.10 Å². The summed E-state index contributed by atoms with van der Waals surface area (Å²) >= 11 is 3.19. The maximum atomic E-state index is 14.1. The van der Waals surface area contributed by atoms with Crippen LogP contribution in [0.2, 0.25) is 0 Å². The molecule has 1 fully saturated rings. The highest BCUT2D eigenvalue weighted by atomic mass is 79.9. The highest BCUT2D eigenvalue weighted by molar-refractivity contribution is 9.10. The third kappa shape index (κ3) is 4.82. The van der Waals surface area contributed by atoms with Crippen LogP contribution in [0.1, 0.15) is 12.8 Å². The zero-order chi connectivity index (χ0) is 22.0. The molecule has 31 heavy (non-hydrogen) atoms. The maximum absolute atomic E-state index is 14.1. The van der Waals surface area contributed by atoms with Gasteiger partial charge in [-0.25, -0.2) is 8.78 Å². The first kappa shape index (κ1) is 21.2. The number of hydrogen-bond donors (Lipinski definition) is 1. The molecule has 1 aromatic heterocycles. The van der Waals surface area contributed by atoms with Crippen molar-refractivity contribution in [2.45, 2.75) is 12.8 Å². The van der Waals surface area contributed by atoms with Crippen LogP contribution < -0.4 is 15.8 Å². The molecule has 1 saturated heterocycles. The summed E-state index contributed by atoms with van der Waals surface area (Å²) in [5, 5.41) is 7.03. The summed E-state index contributed by atoms with van der Waals surface area (Å²) < 4.78 is 29.4. The summed E-state index contributed by atoms with van der Waals surface area (Å²) in [6.07, 6.45) is 1.39. The number of nitrogens with zero attached hydrogens (tertiary/aromatic N) is 3. The van der Waals surface area contributed by atoms with Gasteiger partial charge in [-0.3, -0.25) is 9.59 Å². The second-order valence-corrected chi connectivity index (χ2v) is 8.24. The predicted octanol–water partition coefficient (Wildman–Crippen LogP) is 4.13. The first-order valence-corrected chi connectivity index (χ1v) is 10.6. The number of piperidine rings is 1. The van der Waals surface area contributed by atoms with Crippen molar-refractivity contribution in [3.8, 4) is 5.69 Å². The first-order chi connectivity index (χ1) is 14.9. The van der Waals surface area contributed by atoms with Crippen molar-refractivity contribution in [3.63, 3.8) is 0 Å². The Balaban J connectivity index is 1.52. The number of rotatable bonds is 4. The average Bonchev–Trinajstić information content (AvgIpc) is 2.76. The van der Waals surface area contributed by atoms with Crippen LogP contribution in [0.25, 0.3) is 5.69 Å². The Morgan fingerprint density at radius 2 is 1.97 bits per heavy atom. The number of carbonyl (C=O) groups is 1. The fourth-order valence-electron chi connectivity index (χ4n) is 3.59. The lowest BCUT2D eigenvalue weighted by Gasteiger charge is -2.33. The molecule has 2 heterocycles. The van der Waals surface area contributed by atoms with E-state index in [4.69, 9.17) is 0 Å². The normalized spacial score (nSPS) is 16.2. The summed E-state index contributed by atoms with van der Waals surface area (Å²) in [6, 6.07) is 13.1. The smallest absolute Gasteiger partial charge is 0.271 e. The number of anilines is 2. The molecule has 6 nitrogen and oxygen atoms in total. The summed E-state index contributed by atoms with van der Waals surface area (Å²) in [6.45, 7) is 1.03. The lowest BCUT2D eigenvalue weighted by molar-refractivity contribution is -0.120. The predicted molar refractivity (Wildman–Crippen MR) is 117 cm³/mol. The van der Waals surface area contributed by atoms with Gasteiger partial charge >= 0.3 is 0 Å². The molecule has 4 rings (SSSR count). The van der Waals surface area contributed by atoms with E-state index >= 15 is 0 Å². The zero-order valence-electron chi connectivity index (χ0n) is 16.4. The third-order valence-corrected chi connectivity index (χ3v) is 5.64. The largest absolute Gasteiger partial charge is 0.354 e. The molecule has 1 amide bonds. The fourth-order valence-corrected chi connectivity index (χ4v) is 3.92. The number of hydrogen-bond acceptors (Lipinski definition) is 4. The second kappa shape index (κ2) is 8.97. The summed E-state index contributed by atoms with van der Waals surface area (Å²) in [4.78, 5) is 26.9. The van der Waals surface area contributed by atoms with Gasteiger partial charge in [-0.1, -0.05) is 22.0 Å². The van der Waals surface area contributed by atoms with Crippen LogP contribution in [0.4, 0.5) is 20.3 Å². The van der Waals surface area contributed by atoms with Crippen LogP contribution in [0.3, 0.4) is 0 Å². The van der Waals surface area contributed by atoms with Gasteiger partial charge in [0.1, 0.15) is 17.5 Å². The Hall–Kier alpha value is -3.07. The Bertz CT molecular complexity index is 1180. The van der Waals surface area contributed by atoms with E-state index < -0.39 is 11.6 Å². The SMILES string of the molecule is O=C(Nc1ccc(Br)cc1F)[C@@H]1CCCN(c2ccc(=O)n(-c3cccc(F)c3)n2)C1. The van der Waals surface area contributed by atoms with Gasteiger partial charge in [0.25, 0.3) is 5.56 Å². The number of halogens is 3. The van der Waals surface area contributed by atoms with Crippen LogP contribution in [0.5, 0.6) is 0 Å². The number of aromatic nitrogens is 2. The molecule has 9 heteroatoms. The minimum atomic E-state index is -0.515. The fraction of sp³-hybridized carbons (Fsp3) is 0.227. The van der Waals surface area contributed by atoms with E-state index in [9.17, 15) is 18.4 Å². The number of carbonyl (C=O) groups excluding carboxylic acids is 1. The highest BCUT2D eigenvalue weighted by Gasteiger charge is 2.27. The van der Waals surface area contributed by atoms with Crippen molar-refractivity contribution < 1.29 is 13.6 Å². The van der Waals surface area contributed by atoms with Gasteiger partial charge < -0.3 is 10.2 Å². The first-order valence-electron chi connectivity index (χ1n) is 9.78. The topological polar surface area (TPSA) is 67.2 Å². The molecule has 0 saturated carbocycles. The second-order valence-electron chi connectivity index (χ2n) is 7.32. The zero-order valence-corrected chi connectivity index (χ0v) is 18.0. The van der Waals surface area contributed by atoms with E-state index in [1.165, 1.54) is 36.4 Å². The van der Waals surface area contributed by atoms with E-state index in [2.05, 4.69) is 26.3 Å². The summed E-state index contributed by atoms with van der Waals surface area (Å²) in [7, 11) is 0.